The van der Waals surface area contributed by atoms with Crippen LogP contribution >= 0.6 is 11.6 Å². The van der Waals surface area contributed by atoms with Gasteiger partial charge in [-0.3, -0.25) is 0 Å². The molecular formula is C11H16ClN3. The van der Waals surface area contributed by atoms with Crippen molar-refractivity contribution in [1.82, 2.24) is 9.97 Å². The third kappa shape index (κ3) is 2.81. The summed E-state index contributed by atoms with van der Waals surface area (Å²) in [6.07, 6.45) is 5.51. The topological polar surface area (TPSA) is 29.0 Å². The second-order valence-electron chi connectivity index (χ2n) is 4.21. The first kappa shape index (κ1) is 10.7. The monoisotopic (exact) mass is 225 g/mol. The molecule has 0 spiro atoms. The van der Waals surface area contributed by atoms with Crippen molar-refractivity contribution < 1.29 is 0 Å². The van der Waals surface area contributed by atoms with Gasteiger partial charge in [0.2, 0.25) is 5.28 Å². The molecule has 15 heavy (non-hydrogen) atoms. The van der Waals surface area contributed by atoms with Crippen LogP contribution in [0.25, 0.3) is 0 Å². The minimum absolute atomic E-state index is 0.338. The summed E-state index contributed by atoms with van der Waals surface area (Å²) in [5, 5.41) is 0.338. The second-order valence-corrected chi connectivity index (χ2v) is 4.55. The van der Waals surface area contributed by atoms with E-state index in [0.29, 0.717) is 5.28 Å². The Morgan fingerprint density at radius 3 is 3.07 bits per heavy atom. The second kappa shape index (κ2) is 4.79. The SMILES string of the molecule is CC1CCCN(c2ccnc(Cl)n2)CC1. The summed E-state index contributed by atoms with van der Waals surface area (Å²) in [7, 11) is 0. The maximum absolute atomic E-state index is 5.78. The van der Waals surface area contributed by atoms with Crippen molar-refractivity contribution in [3.63, 3.8) is 0 Å². The molecule has 4 heteroatoms. The highest BCUT2D eigenvalue weighted by Crippen LogP contribution is 2.21. The minimum atomic E-state index is 0.338. The van der Waals surface area contributed by atoms with E-state index in [1.165, 1.54) is 19.3 Å². The standard InChI is InChI=1S/C11H16ClN3/c1-9-3-2-7-15(8-5-9)10-4-6-13-11(12)14-10/h4,6,9H,2-3,5,7-8H2,1H3. The lowest BCUT2D eigenvalue weighted by molar-refractivity contribution is 0.521. The molecule has 1 unspecified atom stereocenters. The van der Waals surface area contributed by atoms with Crippen molar-refractivity contribution in [2.45, 2.75) is 26.2 Å². The van der Waals surface area contributed by atoms with Crippen LogP contribution in [-0.2, 0) is 0 Å². The Bertz CT molecular complexity index is 329. The molecule has 0 saturated carbocycles. The molecule has 2 rings (SSSR count). The van der Waals surface area contributed by atoms with E-state index in [4.69, 9.17) is 11.6 Å². The summed E-state index contributed by atoms with van der Waals surface area (Å²) in [6.45, 7) is 4.47. The molecule has 0 aliphatic carbocycles. The van der Waals surface area contributed by atoms with Crippen molar-refractivity contribution in [2.75, 3.05) is 18.0 Å². The smallest absolute Gasteiger partial charge is 0.224 e. The molecular weight excluding hydrogens is 210 g/mol. The molecule has 0 amide bonds. The van der Waals surface area contributed by atoms with E-state index < -0.39 is 0 Å². The van der Waals surface area contributed by atoms with E-state index in [0.717, 1.165) is 24.8 Å². The number of hydrogen-bond donors (Lipinski definition) is 0. The van der Waals surface area contributed by atoms with Gasteiger partial charge >= 0.3 is 0 Å². The van der Waals surface area contributed by atoms with Gasteiger partial charge in [-0.25, -0.2) is 9.97 Å². The molecule has 1 aliphatic rings. The van der Waals surface area contributed by atoms with E-state index in [-0.39, 0.29) is 0 Å². The van der Waals surface area contributed by atoms with Crippen molar-refractivity contribution >= 4 is 17.4 Å². The minimum Gasteiger partial charge on any atom is -0.356 e. The van der Waals surface area contributed by atoms with Crippen LogP contribution in [0.2, 0.25) is 5.28 Å². The van der Waals surface area contributed by atoms with Crippen LogP contribution < -0.4 is 4.90 Å². The first-order valence-corrected chi connectivity index (χ1v) is 5.87. The molecule has 1 aromatic rings. The lowest BCUT2D eigenvalue weighted by atomic mass is 10.0. The van der Waals surface area contributed by atoms with E-state index >= 15 is 0 Å². The Morgan fingerprint density at radius 1 is 1.40 bits per heavy atom. The summed E-state index contributed by atoms with van der Waals surface area (Å²) in [4.78, 5) is 10.4. The van der Waals surface area contributed by atoms with Crippen LogP contribution in [0.5, 0.6) is 0 Å². The van der Waals surface area contributed by atoms with Crippen LogP contribution in [0, 0.1) is 5.92 Å². The summed E-state index contributed by atoms with van der Waals surface area (Å²) < 4.78 is 0. The molecule has 1 aromatic heterocycles. The molecule has 3 nitrogen and oxygen atoms in total. The number of aromatic nitrogens is 2. The Morgan fingerprint density at radius 2 is 2.27 bits per heavy atom. The van der Waals surface area contributed by atoms with E-state index in [1.807, 2.05) is 6.07 Å². The summed E-state index contributed by atoms with van der Waals surface area (Å²) >= 11 is 5.78. The quantitative estimate of drug-likeness (QED) is 0.689. The number of anilines is 1. The third-order valence-electron chi connectivity index (χ3n) is 2.95. The zero-order valence-electron chi connectivity index (χ0n) is 8.99. The highest BCUT2D eigenvalue weighted by Gasteiger charge is 2.15. The van der Waals surface area contributed by atoms with Crippen LogP contribution in [0.15, 0.2) is 12.3 Å². The number of rotatable bonds is 1. The molecule has 1 fully saturated rings. The summed E-state index contributed by atoms with van der Waals surface area (Å²) in [5.41, 5.74) is 0. The average molecular weight is 226 g/mol. The van der Waals surface area contributed by atoms with E-state index in [2.05, 4.69) is 21.8 Å². The van der Waals surface area contributed by atoms with Gasteiger partial charge in [0.05, 0.1) is 0 Å². The van der Waals surface area contributed by atoms with Crippen LogP contribution in [0.4, 0.5) is 5.82 Å². The Kier molecular flexibility index (Phi) is 3.41. The molecule has 1 aliphatic heterocycles. The van der Waals surface area contributed by atoms with Gasteiger partial charge in [0.25, 0.3) is 0 Å². The lowest BCUT2D eigenvalue weighted by Crippen LogP contribution is -2.25. The van der Waals surface area contributed by atoms with Gasteiger partial charge in [-0.15, -0.1) is 0 Å². The third-order valence-corrected chi connectivity index (χ3v) is 3.13. The largest absolute Gasteiger partial charge is 0.356 e. The van der Waals surface area contributed by atoms with Gasteiger partial charge < -0.3 is 4.90 Å². The maximum Gasteiger partial charge on any atom is 0.224 e. The van der Waals surface area contributed by atoms with Crippen molar-refractivity contribution in [3.05, 3.63) is 17.5 Å². The molecule has 1 saturated heterocycles. The summed E-state index contributed by atoms with van der Waals surface area (Å²) in [6, 6.07) is 1.93. The van der Waals surface area contributed by atoms with Gasteiger partial charge in [0, 0.05) is 19.3 Å². The molecule has 0 bridgehead atoms. The van der Waals surface area contributed by atoms with Gasteiger partial charge in [0.1, 0.15) is 5.82 Å². The fourth-order valence-corrected chi connectivity index (χ4v) is 2.14. The molecule has 2 heterocycles. The van der Waals surface area contributed by atoms with Gasteiger partial charge in [0.15, 0.2) is 0 Å². The zero-order valence-corrected chi connectivity index (χ0v) is 9.74. The Balaban J connectivity index is 2.09. The van der Waals surface area contributed by atoms with Gasteiger partial charge in [-0.05, 0) is 42.8 Å². The maximum atomic E-state index is 5.78. The Labute approximate surface area is 95.5 Å². The highest BCUT2D eigenvalue weighted by molar-refractivity contribution is 6.28. The van der Waals surface area contributed by atoms with Gasteiger partial charge in [-0.2, -0.15) is 0 Å². The number of halogens is 1. The molecule has 82 valence electrons. The molecule has 0 radical (unpaired) electrons. The molecule has 1 atom stereocenters. The fourth-order valence-electron chi connectivity index (χ4n) is 1.99. The van der Waals surface area contributed by atoms with E-state index in [9.17, 15) is 0 Å². The average Bonchev–Trinajstić information content (AvgIpc) is 2.43. The van der Waals surface area contributed by atoms with Crippen LogP contribution in [0.1, 0.15) is 26.2 Å². The van der Waals surface area contributed by atoms with Crippen molar-refractivity contribution in [2.24, 2.45) is 5.92 Å². The first-order valence-electron chi connectivity index (χ1n) is 5.49. The normalized spacial score (nSPS) is 22.5. The van der Waals surface area contributed by atoms with Crippen molar-refractivity contribution in [3.8, 4) is 0 Å². The predicted molar refractivity (Wildman–Crippen MR) is 62.3 cm³/mol. The summed E-state index contributed by atoms with van der Waals surface area (Å²) in [5.74, 6) is 1.79. The predicted octanol–water partition coefficient (Wildman–Crippen LogP) is 2.76. The first-order chi connectivity index (χ1) is 7.25. The molecule has 0 aromatic carbocycles. The molecule has 0 N–H and O–H groups in total. The number of nitrogens with zero attached hydrogens (tertiary/aromatic N) is 3. The highest BCUT2D eigenvalue weighted by atomic mass is 35.5. The zero-order chi connectivity index (χ0) is 10.7. The van der Waals surface area contributed by atoms with Crippen LogP contribution in [0.3, 0.4) is 0 Å². The lowest BCUT2D eigenvalue weighted by Gasteiger charge is -2.21. The fraction of sp³-hybridized carbons (Fsp3) is 0.636. The van der Waals surface area contributed by atoms with E-state index in [1.54, 1.807) is 6.20 Å². The number of hydrogen-bond acceptors (Lipinski definition) is 3. The van der Waals surface area contributed by atoms with Crippen LogP contribution in [-0.4, -0.2) is 23.1 Å². The Hall–Kier alpha value is -0.830. The van der Waals surface area contributed by atoms with Gasteiger partial charge in [-0.1, -0.05) is 6.92 Å². The van der Waals surface area contributed by atoms with Crippen molar-refractivity contribution in [1.29, 1.82) is 0 Å².